The van der Waals surface area contributed by atoms with Crippen molar-refractivity contribution in [1.29, 1.82) is 0 Å². The Labute approximate surface area is 78.4 Å². The predicted molar refractivity (Wildman–Crippen MR) is 45.7 cm³/mol. The second-order valence-corrected chi connectivity index (χ2v) is 2.56. The largest absolute Gasteiger partial charge is 0.480 e. The van der Waals surface area contributed by atoms with Crippen LogP contribution in [0, 0.1) is 0 Å². The summed E-state index contributed by atoms with van der Waals surface area (Å²) >= 11 is 0. The summed E-state index contributed by atoms with van der Waals surface area (Å²) < 4.78 is 1.14. The molecule has 3 N–H and O–H groups in total. The number of amides is 1. The second-order valence-electron chi connectivity index (χ2n) is 2.56. The summed E-state index contributed by atoms with van der Waals surface area (Å²) in [6, 6.07) is 0. The fraction of sp³-hybridized carbons (Fsp3) is 0.286. The topological polar surface area (TPSA) is 104 Å². The number of aromatic amines is 1. The summed E-state index contributed by atoms with van der Waals surface area (Å²) in [5, 5.41) is 10.4. The molecule has 76 valence electrons. The minimum absolute atomic E-state index is 0.185. The van der Waals surface area contributed by atoms with E-state index in [0.717, 1.165) is 4.57 Å². The van der Waals surface area contributed by atoms with Crippen LogP contribution in [0.25, 0.3) is 0 Å². The number of carbonyl (C=O) groups excluding carboxylic acids is 1. The van der Waals surface area contributed by atoms with Crippen LogP contribution in [0.1, 0.15) is 0 Å². The first-order valence-electron chi connectivity index (χ1n) is 3.82. The molecular weight excluding hydrogens is 190 g/mol. The molecule has 0 spiro atoms. The number of imidazole rings is 1. The molecule has 7 nitrogen and oxygen atoms in total. The number of nitrogens with one attached hydrogen (secondary N) is 2. The number of H-pyrrole nitrogens is 1. The third kappa shape index (κ3) is 2.77. The highest BCUT2D eigenvalue weighted by Crippen LogP contribution is 1.79. The van der Waals surface area contributed by atoms with Gasteiger partial charge in [-0.1, -0.05) is 0 Å². The van der Waals surface area contributed by atoms with Crippen molar-refractivity contribution in [2.45, 2.75) is 6.54 Å². The van der Waals surface area contributed by atoms with E-state index in [4.69, 9.17) is 5.11 Å². The molecule has 0 atom stereocenters. The maximum Gasteiger partial charge on any atom is 0.325 e. The number of hydrogen-bond acceptors (Lipinski definition) is 3. The second kappa shape index (κ2) is 4.26. The lowest BCUT2D eigenvalue weighted by Gasteiger charge is -2.01. The van der Waals surface area contributed by atoms with Crippen LogP contribution in [0.3, 0.4) is 0 Å². The van der Waals surface area contributed by atoms with Gasteiger partial charge in [-0.05, 0) is 0 Å². The molecule has 0 saturated carbocycles. The van der Waals surface area contributed by atoms with Crippen LogP contribution in [-0.4, -0.2) is 33.1 Å². The van der Waals surface area contributed by atoms with E-state index < -0.39 is 24.1 Å². The van der Waals surface area contributed by atoms with Gasteiger partial charge in [-0.25, -0.2) is 4.79 Å². The number of aromatic nitrogens is 2. The molecule has 1 amide bonds. The van der Waals surface area contributed by atoms with E-state index in [0.29, 0.717) is 0 Å². The first-order chi connectivity index (χ1) is 6.59. The van der Waals surface area contributed by atoms with Crippen LogP contribution in [-0.2, 0) is 16.1 Å². The van der Waals surface area contributed by atoms with Gasteiger partial charge in [0.15, 0.2) is 0 Å². The van der Waals surface area contributed by atoms with Crippen LogP contribution >= 0.6 is 0 Å². The molecule has 0 fully saturated rings. The van der Waals surface area contributed by atoms with Gasteiger partial charge in [-0.3, -0.25) is 14.2 Å². The van der Waals surface area contributed by atoms with Crippen LogP contribution < -0.4 is 11.0 Å². The monoisotopic (exact) mass is 199 g/mol. The molecule has 1 rings (SSSR count). The molecule has 0 saturated heterocycles. The SMILES string of the molecule is O=C(O)CNC(=O)Cn1cc[nH]c1=O. The Balaban J connectivity index is 2.46. The molecule has 0 unspecified atom stereocenters. The molecule has 0 aromatic carbocycles. The number of carboxylic acids is 1. The van der Waals surface area contributed by atoms with Gasteiger partial charge in [0, 0.05) is 12.4 Å². The summed E-state index contributed by atoms with van der Waals surface area (Å²) in [6.07, 6.45) is 2.80. The van der Waals surface area contributed by atoms with Gasteiger partial charge in [0.2, 0.25) is 5.91 Å². The van der Waals surface area contributed by atoms with E-state index in [1.165, 1.54) is 12.4 Å². The molecule has 0 aliphatic carbocycles. The summed E-state index contributed by atoms with van der Waals surface area (Å²) in [4.78, 5) is 34.4. The highest BCUT2D eigenvalue weighted by Gasteiger charge is 2.05. The summed E-state index contributed by atoms with van der Waals surface area (Å²) in [5.74, 6) is -1.64. The van der Waals surface area contributed by atoms with E-state index in [2.05, 4.69) is 10.3 Å². The highest BCUT2D eigenvalue weighted by atomic mass is 16.4. The number of hydrogen-bond donors (Lipinski definition) is 3. The fourth-order valence-corrected chi connectivity index (χ4v) is 0.858. The number of nitrogens with zero attached hydrogens (tertiary/aromatic N) is 1. The molecule has 7 heteroatoms. The molecule has 0 radical (unpaired) electrons. The highest BCUT2D eigenvalue weighted by molar-refractivity contribution is 5.80. The zero-order valence-electron chi connectivity index (χ0n) is 7.19. The van der Waals surface area contributed by atoms with Gasteiger partial charge < -0.3 is 15.4 Å². The van der Waals surface area contributed by atoms with Crippen molar-refractivity contribution < 1.29 is 14.7 Å². The summed E-state index contributed by atoms with van der Waals surface area (Å²) in [5.41, 5.74) is -0.407. The molecule has 14 heavy (non-hydrogen) atoms. The lowest BCUT2D eigenvalue weighted by Crippen LogP contribution is -2.34. The summed E-state index contributed by atoms with van der Waals surface area (Å²) in [7, 11) is 0. The molecule has 1 heterocycles. The van der Waals surface area contributed by atoms with Crippen LogP contribution in [0.15, 0.2) is 17.2 Å². The van der Waals surface area contributed by atoms with Gasteiger partial charge in [-0.15, -0.1) is 0 Å². The normalized spacial score (nSPS) is 9.71. The van der Waals surface area contributed by atoms with Crippen LogP contribution in [0.2, 0.25) is 0 Å². The van der Waals surface area contributed by atoms with Gasteiger partial charge >= 0.3 is 11.7 Å². The lowest BCUT2D eigenvalue weighted by atomic mass is 10.5. The Morgan fingerprint density at radius 2 is 2.29 bits per heavy atom. The standard InChI is InChI=1S/C7H9N3O4/c11-5(9-3-6(12)13)4-10-2-1-8-7(10)14/h1-2H,3-4H2,(H,8,14)(H,9,11)(H,12,13). The van der Waals surface area contributed by atoms with Gasteiger partial charge in [0.1, 0.15) is 13.1 Å². The maximum absolute atomic E-state index is 11.0. The molecular formula is C7H9N3O4. The number of rotatable bonds is 4. The van der Waals surface area contributed by atoms with Crippen LogP contribution in [0.4, 0.5) is 0 Å². The lowest BCUT2D eigenvalue weighted by molar-refractivity contribution is -0.138. The predicted octanol–water partition coefficient (Wildman–Crippen LogP) is -1.62. The average Bonchev–Trinajstić information content (AvgIpc) is 2.49. The van der Waals surface area contributed by atoms with Crippen molar-refractivity contribution in [3.8, 4) is 0 Å². The first kappa shape index (κ1) is 10.0. The first-order valence-corrected chi connectivity index (χ1v) is 3.82. The van der Waals surface area contributed by atoms with Crippen molar-refractivity contribution >= 4 is 11.9 Å². The fourth-order valence-electron chi connectivity index (χ4n) is 0.858. The Bertz CT molecular complexity index is 392. The van der Waals surface area contributed by atoms with Crippen molar-refractivity contribution in [3.05, 3.63) is 22.9 Å². The minimum atomic E-state index is -1.13. The van der Waals surface area contributed by atoms with Crippen molar-refractivity contribution in [3.63, 3.8) is 0 Å². The quantitative estimate of drug-likeness (QED) is 0.541. The molecule has 0 bridgehead atoms. The Morgan fingerprint density at radius 1 is 1.57 bits per heavy atom. The number of aliphatic carboxylic acids is 1. The Hall–Kier alpha value is -2.05. The van der Waals surface area contributed by atoms with Gasteiger partial charge in [0.05, 0.1) is 0 Å². The molecule has 0 aliphatic heterocycles. The number of carbonyl (C=O) groups is 2. The van der Waals surface area contributed by atoms with Gasteiger partial charge in [-0.2, -0.15) is 0 Å². The molecule has 0 aliphatic rings. The average molecular weight is 199 g/mol. The summed E-state index contributed by atoms with van der Waals surface area (Å²) in [6.45, 7) is -0.631. The van der Waals surface area contributed by atoms with Crippen molar-refractivity contribution in [1.82, 2.24) is 14.9 Å². The van der Waals surface area contributed by atoms with E-state index >= 15 is 0 Å². The smallest absolute Gasteiger partial charge is 0.325 e. The van der Waals surface area contributed by atoms with E-state index in [1.54, 1.807) is 0 Å². The van der Waals surface area contributed by atoms with E-state index in [-0.39, 0.29) is 6.54 Å². The third-order valence-electron chi connectivity index (χ3n) is 1.47. The van der Waals surface area contributed by atoms with Crippen LogP contribution in [0.5, 0.6) is 0 Å². The zero-order chi connectivity index (χ0) is 10.6. The molecule has 1 aromatic rings. The maximum atomic E-state index is 11.0. The van der Waals surface area contributed by atoms with E-state index in [9.17, 15) is 14.4 Å². The van der Waals surface area contributed by atoms with Crippen molar-refractivity contribution in [2.75, 3.05) is 6.54 Å². The minimum Gasteiger partial charge on any atom is -0.480 e. The van der Waals surface area contributed by atoms with Gasteiger partial charge in [0.25, 0.3) is 0 Å². The molecule has 1 aromatic heterocycles. The third-order valence-corrected chi connectivity index (χ3v) is 1.47. The van der Waals surface area contributed by atoms with E-state index in [1.807, 2.05) is 0 Å². The number of carboxylic acid groups (broad SMARTS) is 1. The zero-order valence-corrected chi connectivity index (χ0v) is 7.19. The Kier molecular flexibility index (Phi) is 3.05. The van der Waals surface area contributed by atoms with Crippen molar-refractivity contribution in [2.24, 2.45) is 0 Å². The Morgan fingerprint density at radius 3 is 2.79 bits per heavy atom.